The zero-order chi connectivity index (χ0) is 45.1. The number of allylic oxidation sites excluding steroid dienone is 7. The van der Waals surface area contributed by atoms with Gasteiger partial charge in [0.05, 0.1) is 33.9 Å². The van der Waals surface area contributed by atoms with Gasteiger partial charge in [-0.25, -0.2) is 0 Å². The van der Waals surface area contributed by atoms with Crippen molar-refractivity contribution in [3.8, 4) is 0 Å². The van der Waals surface area contributed by atoms with Crippen LogP contribution in [0, 0.1) is 0 Å². The summed E-state index contributed by atoms with van der Waals surface area (Å²) in [5.41, 5.74) is 0. The van der Waals surface area contributed by atoms with Gasteiger partial charge in [-0.1, -0.05) is 178 Å². The summed E-state index contributed by atoms with van der Waals surface area (Å²) in [6.07, 6.45) is 45.9. The van der Waals surface area contributed by atoms with Crippen LogP contribution < -0.4 is 4.89 Å². The monoisotopic (exact) mass is 882 g/mol. The molecule has 0 aromatic heterocycles. The largest absolute Gasteiger partial charge is 0.756 e. The van der Waals surface area contributed by atoms with Crippen molar-refractivity contribution in [2.24, 2.45) is 0 Å². The summed E-state index contributed by atoms with van der Waals surface area (Å²) in [5.74, 6) is -0.910. The zero-order valence-electron chi connectivity index (χ0n) is 39.7. The van der Waals surface area contributed by atoms with Crippen LogP contribution in [0.25, 0.3) is 0 Å². The molecule has 11 heteroatoms. The number of nitrogens with zero attached hydrogens (tertiary/aromatic N) is 1. The van der Waals surface area contributed by atoms with Crippen LogP contribution in [0.2, 0.25) is 0 Å². The number of phosphoric acid groups is 1. The van der Waals surface area contributed by atoms with Crippen LogP contribution in [-0.2, 0) is 32.7 Å². The molecule has 0 spiro atoms. The summed E-state index contributed by atoms with van der Waals surface area (Å²) in [7, 11) is 1.11. The zero-order valence-corrected chi connectivity index (χ0v) is 40.6. The third-order valence-corrected chi connectivity index (χ3v) is 11.4. The van der Waals surface area contributed by atoms with Crippen molar-refractivity contribution in [2.45, 2.75) is 212 Å². The summed E-state index contributed by atoms with van der Waals surface area (Å²) in [6, 6.07) is 0. The van der Waals surface area contributed by atoms with Crippen molar-refractivity contribution in [2.75, 3.05) is 47.5 Å². The number of carbonyl (C=O) groups excluding carboxylic acids is 2. The van der Waals surface area contributed by atoms with E-state index in [1.165, 1.54) is 96.3 Å². The lowest BCUT2D eigenvalue weighted by Crippen LogP contribution is -2.37. The molecule has 0 fully saturated rings. The molecule has 10 nitrogen and oxygen atoms in total. The van der Waals surface area contributed by atoms with Crippen LogP contribution in [-0.4, -0.2) is 81.2 Å². The molecule has 356 valence electrons. The average Bonchev–Trinajstić information content (AvgIpc) is 3.21. The normalized spacial score (nSPS) is 14.4. The Morgan fingerprint density at radius 2 is 1.15 bits per heavy atom. The molecule has 0 aliphatic heterocycles. The van der Waals surface area contributed by atoms with Gasteiger partial charge < -0.3 is 33.0 Å². The molecule has 0 bridgehead atoms. The summed E-state index contributed by atoms with van der Waals surface area (Å²) < 4.78 is 33.9. The van der Waals surface area contributed by atoms with Gasteiger partial charge in [-0.2, -0.15) is 0 Å². The minimum Gasteiger partial charge on any atom is -0.756 e. The maximum atomic E-state index is 12.7. The number of quaternary nitrogens is 1. The standard InChI is InChI=1S/C50H92NO9P/c1-6-8-10-12-14-15-16-17-18-19-20-21-22-23-24-25-26-27-29-33-38-42-50(54)60-48(46-59-61(55,56)58-44-43-51(3,4)5)45-57-49(53)41-37-34-30-32-36-40-47(52)39-35-31-28-13-11-9-7-2/h9,11,17-18,28,31,35,39,47-48,52H,6-8,10,12-16,19-27,29-30,32-34,36-38,40-46H2,1-5H3/b11-9+,18-17-,31-28+,39-35+/t47?,48-/m1/s1. The van der Waals surface area contributed by atoms with E-state index in [0.29, 0.717) is 30.3 Å². The molecule has 61 heavy (non-hydrogen) atoms. The van der Waals surface area contributed by atoms with Gasteiger partial charge >= 0.3 is 11.9 Å². The van der Waals surface area contributed by atoms with Gasteiger partial charge in [0.15, 0.2) is 6.10 Å². The van der Waals surface area contributed by atoms with E-state index in [9.17, 15) is 24.2 Å². The van der Waals surface area contributed by atoms with Crippen LogP contribution in [0.5, 0.6) is 0 Å². The van der Waals surface area contributed by atoms with Crippen molar-refractivity contribution < 1.29 is 47.2 Å². The Hall–Kier alpha value is -2.07. The van der Waals surface area contributed by atoms with E-state index in [1.54, 1.807) is 0 Å². The number of carbonyl (C=O) groups is 2. The van der Waals surface area contributed by atoms with Crippen molar-refractivity contribution >= 4 is 19.8 Å². The third kappa shape index (κ3) is 45.8. The Labute approximate surface area is 374 Å². The molecule has 0 aliphatic rings. The van der Waals surface area contributed by atoms with Gasteiger partial charge in [0.2, 0.25) is 0 Å². The van der Waals surface area contributed by atoms with E-state index in [-0.39, 0.29) is 26.1 Å². The van der Waals surface area contributed by atoms with E-state index < -0.39 is 38.6 Å². The van der Waals surface area contributed by atoms with E-state index in [1.807, 2.05) is 39.4 Å². The second-order valence-electron chi connectivity index (χ2n) is 17.6. The highest BCUT2D eigenvalue weighted by Crippen LogP contribution is 2.38. The fourth-order valence-corrected chi connectivity index (χ4v) is 7.33. The molecule has 2 unspecified atom stereocenters. The number of phosphoric ester groups is 1. The molecule has 0 heterocycles. The second-order valence-corrected chi connectivity index (χ2v) is 19.1. The lowest BCUT2D eigenvalue weighted by Gasteiger charge is -2.28. The first kappa shape index (κ1) is 58.9. The molecule has 0 saturated heterocycles. The predicted molar refractivity (Wildman–Crippen MR) is 251 cm³/mol. The first-order valence-electron chi connectivity index (χ1n) is 24.5. The molecule has 0 aromatic rings. The van der Waals surface area contributed by atoms with Crippen molar-refractivity contribution in [1.29, 1.82) is 0 Å². The Bertz CT molecular complexity index is 1200. The van der Waals surface area contributed by atoms with Crippen molar-refractivity contribution in [3.05, 3.63) is 48.6 Å². The number of esters is 2. The van der Waals surface area contributed by atoms with Crippen molar-refractivity contribution in [3.63, 3.8) is 0 Å². The Morgan fingerprint density at radius 1 is 0.623 bits per heavy atom. The Balaban J connectivity index is 4.33. The predicted octanol–water partition coefficient (Wildman–Crippen LogP) is 12.6. The summed E-state index contributed by atoms with van der Waals surface area (Å²) in [4.78, 5) is 37.7. The number of likely N-dealkylation sites (N-methyl/N-ethyl adjacent to an activating group) is 1. The minimum absolute atomic E-state index is 0.0478. The van der Waals surface area contributed by atoms with E-state index in [0.717, 1.165) is 57.8 Å². The molecular weight excluding hydrogens is 790 g/mol. The third-order valence-electron chi connectivity index (χ3n) is 10.4. The lowest BCUT2D eigenvalue weighted by molar-refractivity contribution is -0.870. The van der Waals surface area contributed by atoms with Crippen molar-refractivity contribution in [1.82, 2.24) is 0 Å². The molecular formula is C50H92NO9P. The molecule has 0 rings (SSSR count). The molecule has 0 aliphatic carbocycles. The second kappa shape index (κ2) is 41.9. The minimum atomic E-state index is -4.65. The smallest absolute Gasteiger partial charge is 0.306 e. The first-order chi connectivity index (χ1) is 29.4. The SMILES string of the molecule is CC/C=C/C/C=C/C=C/C(O)CCCCCCCC(=O)OC[C@H](COP(=O)([O-])OCC[N+](C)(C)C)OC(=O)CCCCCCCCCCCCC/C=C\CCCCCCCC. The van der Waals surface area contributed by atoms with Crippen LogP contribution in [0.3, 0.4) is 0 Å². The Kier molecular flexibility index (Phi) is 40.5. The van der Waals surface area contributed by atoms with Crippen LogP contribution in [0.4, 0.5) is 0 Å². The molecule has 1 N–H and O–H groups in total. The summed E-state index contributed by atoms with van der Waals surface area (Å²) >= 11 is 0. The first-order valence-corrected chi connectivity index (χ1v) is 25.9. The lowest BCUT2D eigenvalue weighted by atomic mass is 10.0. The number of rotatable bonds is 44. The van der Waals surface area contributed by atoms with E-state index in [2.05, 4.69) is 44.2 Å². The average molecular weight is 882 g/mol. The summed E-state index contributed by atoms with van der Waals surface area (Å²) in [6.45, 7) is 3.99. The summed E-state index contributed by atoms with van der Waals surface area (Å²) in [5, 5.41) is 10.2. The van der Waals surface area contributed by atoms with E-state index >= 15 is 0 Å². The Morgan fingerprint density at radius 3 is 1.70 bits per heavy atom. The van der Waals surface area contributed by atoms with Gasteiger partial charge in [-0.05, 0) is 57.8 Å². The van der Waals surface area contributed by atoms with Gasteiger partial charge in [0.25, 0.3) is 7.82 Å². The molecule has 0 saturated carbocycles. The highest BCUT2D eigenvalue weighted by Gasteiger charge is 2.21. The highest BCUT2D eigenvalue weighted by molar-refractivity contribution is 7.45. The number of hydrogen-bond acceptors (Lipinski definition) is 9. The fraction of sp³-hybridized carbons (Fsp3) is 0.800. The molecule has 0 aromatic carbocycles. The maximum absolute atomic E-state index is 12.7. The number of unbranched alkanes of at least 4 members (excludes halogenated alkanes) is 21. The van der Waals surface area contributed by atoms with Crippen LogP contribution >= 0.6 is 7.82 Å². The molecule has 0 amide bonds. The number of aliphatic hydroxyl groups is 1. The fourth-order valence-electron chi connectivity index (χ4n) is 6.60. The van der Waals surface area contributed by atoms with Gasteiger partial charge in [0.1, 0.15) is 19.8 Å². The van der Waals surface area contributed by atoms with Crippen LogP contribution in [0.15, 0.2) is 48.6 Å². The number of ether oxygens (including phenoxy) is 2. The highest BCUT2D eigenvalue weighted by atomic mass is 31.2. The van der Waals surface area contributed by atoms with Crippen LogP contribution in [0.1, 0.15) is 200 Å². The molecule has 0 radical (unpaired) electrons. The topological polar surface area (TPSA) is 131 Å². The number of aliphatic hydroxyl groups excluding tert-OH is 1. The quantitative estimate of drug-likeness (QED) is 0.0159. The number of hydrogen-bond donors (Lipinski definition) is 1. The van der Waals surface area contributed by atoms with Gasteiger partial charge in [-0.3, -0.25) is 14.2 Å². The molecule has 3 atom stereocenters. The van der Waals surface area contributed by atoms with Gasteiger partial charge in [0, 0.05) is 12.8 Å². The van der Waals surface area contributed by atoms with E-state index in [4.69, 9.17) is 18.5 Å². The van der Waals surface area contributed by atoms with Gasteiger partial charge in [-0.15, -0.1) is 0 Å². The maximum Gasteiger partial charge on any atom is 0.306 e.